The van der Waals surface area contributed by atoms with Gasteiger partial charge in [-0.05, 0) is 53.6 Å². The van der Waals surface area contributed by atoms with Gasteiger partial charge >= 0.3 is 0 Å². The molecule has 9 heteroatoms. The van der Waals surface area contributed by atoms with Crippen molar-refractivity contribution in [3.63, 3.8) is 0 Å². The third-order valence-electron chi connectivity index (χ3n) is 4.61. The lowest BCUT2D eigenvalue weighted by Gasteiger charge is -2.11. The fourth-order valence-corrected chi connectivity index (χ4v) is 3.77. The first kappa shape index (κ1) is 22.7. The van der Waals surface area contributed by atoms with E-state index in [0.717, 1.165) is 22.2 Å². The summed E-state index contributed by atoms with van der Waals surface area (Å²) in [6.07, 6.45) is 1.55. The summed E-state index contributed by atoms with van der Waals surface area (Å²) < 4.78 is 11.3. The fraction of sp³-hybridized carbons (Fsp3) is 0.125. The number of hydrazone groups is 1. The van der Waals surface area contributed by atoms with Crippen molar-refractivity contribution in [3.05, 3.63) is 82.9 Å². The average molecular weight is 481 g/mol. The number of para-hydroxylation sites is 2. The number of ether oxygens (including phenoxy) is 2. The molecule has 0 saturated carbocycles. The predicted octanol–water partition coefficient (Wildman–Crippen LogP) is 5.05. The van der Waals surface area contributed by atoms with Crippen molar-refractivity contribution in [2.75, 3.05) is 12.9 Å². The second-order valence-corrected chi connectivity index (χ2v) is 8.37. The van der Waals surface area contributed by atoms with Gasteiger partial charge in [-0.2, -0.15) is 5.10 Å². The molecule has 4 aromatic rings. The van der Waals surface area contributed by atoms with Crippen LogP contribution in [-0.4, -0.2) is 35.0 Å². The minimum atomic E-state index is -0.230. The molecule has 0 bridgehead atoms. The predicted molar refractivity (Wildman–Crippen MR) is 131 cm³/mol. The third kappa shape index (κ3) is 6.27. The van der Waals surface area contributed by atoms with Gasteiger partial charge in [-0.15, -0.1) is 0 Å². The van der Waals surface area contributed by atoms with E-state index in [1.165, 1.54) is 11.8 Å². The Morgan fingerprint density at radius 1 is 1.15 bits per heavy atom. The van der Waals surface area contributed by atoms with E-state index >= 15 is 0 Å². The Hall–Kier alpha value is -3.49. The summed E-state index contributed by atoms with van der Waals surface area (Å²) in [5, 5.41) is 5.40. The van der Waals surface area contributed by atoms with Crippen LogP contribution in [0.4, 0.5) is 0 Å². The maximum atomic E-state index is 12.1. The van der Waals surface area contributed by atoms with Crippen LogP contribution in [0.1, 0.15) is 11.1 Å². The molecule has 1 amide bonds. The number of methoxy groups -OCH3 is 1. The van der Waals surface area contributed by atoms with Crippen molar-refractivity contribution in [2.24, 2.45) is 5.10 Å². The number of carbonyl (C=O) groups is 1. The Balaban J connectivity index is 1.28. The van der Waals surface area contributed by atoms with E-state index in [2.05, 4.69) is 20.5 Å². The molecule has 1 heterocycles. The van der Waals surface area contributed by atoms with Crippen LogP contribution in [0.15, 0.2) is 77.0 Å². The van der Waals surface area contributed by atoms with Crippen molar-refractivity contribution in [2.45, 2.75) is 11.8 Å². The number of H-pyrrole nitrogens is 1. The van der Waals surface area contributed by atoms with E-state index in [-0.39, 0.29) is 11.7 Å². The van der Waals surface area contributed by atoms with Gasteiger partial charge in [-0.3, -0.25) is 4.79 Å². The Kier molecular flexibility index (Phi) is 7.49. The SMILES string of the molecule is COc1cc(/C=N/NC(=O)CSc2nc3ccccc3[nH]2)ccc1OCc1ccc(Cl)cc1. The molecule has 0 atom stereocenters. The van der Waals surface area contributed by atoms with Crippen molar-refractivity contribution in [1.82, 2.24) is 15.4 Å². The second kappa shape index (κ2) is 10.9. The van der Waals surface area contributed by atoms with Gasteiger partial charge in [0.25, 0.3) is 5.91 Å². The minimum Gasteiger partial charge on any atom is -0.493 e. The molecule has 0 aliphatic carbocycles. The zero-order chi connectivity index (χ0) is 23.0. The van der Waals surface area contributed by atoms with Crippen molar-refractivity contribution < 1.29 is 14.3 Å². The number of rotatable bonds is 9. The highest BCUT2D eigenvalue weighted by atomic mass is 35.5. The van der Waals surface area contributed by atoms with Crippen molar-refractivity contribution in [3.8, 4) is 11.5 Å². The molecule has 0 aliphatic rings. The number of hydrogen-bond acceptors (Lipinski definition) is 6. The fourth-order valence-electron chi connectivity index (χ4n) is 2.97. The third-order valence-corrected chi connectivity index (χ3v) is 5.73. The monoisotopic (exact) mass is 480 g/mol. The molecule has 1 aromatic heterocycles. The first-order valence-corrected chi connectivity index (χ1v) is 11.4. The smallest absolute Gasteiger partial charge is 0.250 e. The molecule has 2 N–H and O–H groups in total. The molecular weight excluding hydrogens is 460 g/mol. The average Bonchev–Trinajstić information content (AvgIpc) is 3.26. The molecule has 3 aromatic carbocycles. The van der Waals surface area contributed by atoms with Gasteiger partial charge in [0.1, 0.15) is 6.61 Å². The maximum absolute atomic E-state index is 12.1. The van der Waals surface area contributed by atoms with Gasteiger partial charge in [0, 0.05) is 5.02 Å². The number of nitrogens with one attached hydrogen (secondary N) is 2. The van der Waals surface area contributed by atoms with Crippen LogP contribution in [0, 0.1) is 0 Å². The molecule has 7 nitrogen and oxygen atoms in total. The normalized spacial score (nSPS) is 11.1. The van der Waals surface area contributed by atoms with Gasteiger partial charge < -0.3 is 14.5 Å². The van der Waals surface area contributed by atoms with E-state index in [9.17, 15) is 4.79 Å². The van der Waals surface area contributed by atoms with Gasteiger partial charge in [-0.1, -0.05) is 47.6 Å². The van der Waals surface area contributed by atoms with Crippen LogP contribution in [0.3, 0.4) is 0 Å². The largest absolute Gasteiger partial charge is 0.493 e. The number of halogens is 1. The van der Waals surface area contributed by atoms with Crippen LogP contribution in [0.25, 0.3) is 11.0 Å². The van der Waals surface area contributed by atoms with Gasteiger partial charge in [0.15, 0.2) is 16.7 Å². The number of thioether (sulfide) groups is 1. The molecule has 33 heavy (non-hydrogen) atoms. The summed E-state index contributed by atoms with van der Waals surface area (Å²) in [6.45, 7) is 0.389. The Morgan fingerprint density at radius 3 is 2.76 bits per heavy atom. The molecular formula is C24H21ClN4O3S. The number of aromatic nitrogens is 2. The van der Waals surface area contributed by atoms with Crippen LogP contribution in [0.2, 0.25) is 5.02 Å². The number of benzene rings is 3. The second-order valence-electron chi connectivity index (χ2n) is 6.97. The molecule has 0 radical (unpaired) electrons. The number of carbonyl (C=O) groups excluding carboxylic acids is 1. The van der Waals surface area contributed by atoms with E-state index < -0.39 is 0 Å². The first-order valence-electron chi connectivity index (χ1n) is 10.1. The zero-order valence-corrected chi connectivity index (χ0v) is 19.3. The number of imidazole rings is 1. The lowest BCUT2D eigenvalue weighted by molar-refractivity contribution is -0.118. The lowest BCUT2D eigenvalue weighted by Crippen LogP contribution is -2.19. The van der Waals surface area contributed by atoms with Gasteiger partial charge in [0.05, 0.1) is 30.1 Å². The van der Waals surface area contributed by atoms with Crippen LogP contribution in [0.5, 0.6) is 11.5 Å². The molecule has 0 unspecified atom stereocenters. The zero-order valence-electron chi connectivity index (χ0n) is 17.7. The summed E-state index contributed by atoms with van der Waals surface area (Å²) in [7, 11) is 1.57. The summed E-state index contributed by atoms with van der Waals surface area (Å²) in [6, 6.07) is 20.6. The summed E-state index contributed by atoms with van der Waals surface area (Å²) in [5.41, 5.74) is 6.09. The van der Waals surface area contributed by atoms with Crippen LogP contribution >= 0.6 is 23.4 Å². The summed E-state index contributed by atoms with van der Waals surface area (Å²) in [5.74, 6) is 1.14. The molecule has 0 saturated heterocycles. The topological polar surface area (TPSA) is 88.6 Å². The molecule has 168 valence electrons. The van der Waals surface area contributed by atoms with Crippen LogP contribution in [-0.2, 0) is 11.4 Å². The number of fused-ring (bicyclic) bond motifs is 1. The number of amides is 1. The van der Waals surface area contributed by atoms with E-state index in [1.807, 2.05) is 54.6 Å². The summed E-state index contributed by atoms with van der Waals surface area (Å²) >= 11 is 7.23. The van der Waals surface area contributed by atoms with Crippen molar-refractivity contribution >= 4 is 46.5 Å². The maximum Gasteiger partial charge on any atom is 0.250 e. The van der Waals surface area contributed by atoms with Gasteiger partial charge in [0.2, 0.25) is 0 Å². The Bertz CT molecular complexity index is 1240. The molecule has 4 rings (SSSR count). The quantitative estimate of drug-likeness (QED) is 0.199. The Morgan fingerprint density at radius 2 is 1.97 bits per heavy atom. The number of nitrogens with zero attached hydrogens (tertiary/aromatic N) is 2. The summed E-state index contributed by atoms with van der Waals surface area (Å²) in [4.78, 5) is 19.7. The van der Waals surface area contributed by atoms with E-state index in [1.54, 1.807) is 25.5 Å². The number of hydrogen-bond donors (Lipinski definition) is 2. The van der Waals surface area contributed by atoms with Crippen molar-refractivity contribution in [1.29, 1.82) is 0 Å². The molecule has 0 aliphatic heterocycles. The standard InChI is InChI=1S/C24H21ClN4O3S/c1-31-22-12-17(8-11-21(22)32-14-16-6-9-18(25)10-7-16)13-26-29-23(30)15-33-24-27-19-4-2-3-5-20(19)28-24/h2-13H,14-15H2,1H3,(H,27,28)(H,29,30)/b26-13+. The highest BCUT2D eigenvalue weighted by Crippen LogP contribution is 2.28. The minimum absolute atomic E-state index is 0.192. The lowest BCUT2D eigenvalue weighted by atomic mass is 10.2. The highest BCUT2D eigenvalue weighted by Gasteiger charge is 2.08. The van der Waals surface area contributed by atoms with E-state index in [4.69, 9.17) is 21.1 Å². The molecule has 0 spiro atoms. The highest BCUT2D eigenvalue weighted by molar-refractivity contribution is 7.99. The molecule has 0 fully saturated rings. The van der Waals surface area contributed by atoms with Gasteiger partial charge in [-0.25, -0.2) is 10.4 Å². The van der Waals surface area contributed by atoms with E-state index in [0.29, 0.717) is 28.3 Å². The Labute approximate surface area is 200 Å². The first-order chi connectivity index (χ1) is 16.1. The van der Waals surface area contributed by atoms with Crippen LogP contribution < -0.4 is 14.9 Å². The number of aromatic amines is 1.